The van der Waals surface area contributed by atoms with Gasteiger partial charge >= 0.3 is 5.63 Å². The Bertz CT molecular complexity index is 1120. The van der Waals surface area contributed by atoms with Crippen LogP contribution in [0.25, 0.3) is 23.1 Å². The van der Waals surface area contributed by atoms with Crippen molar-refractivity contribution in [2.24, 2.45) is 0 Å². The Hall–Kier alpha value is -3.14. The van der Waals surface area contributed by atoms with Gasteiger partial charge in [-0.25, -0.2) is 4.79 Å². The molecular formula is C28H33NO3. The lowest BCUT2D eigenvalue weighted by molar-refractivity contribution is 0.112. The predicted octanol–water partition coefficient (Wildman–Crippen LogP) is 6.74. The molecule has 0 N–H and O–H groups in total. The van der Waals surface area contributed by atoms with Crippen LogP contribution < -0.4 is 10.5 Å². The van der Waals surface area contributed by atoms with E-state index in [9.17, 15) is 9.59 Å². The molecular weight excluding hydrogens is 398 g/mol. The van der Waals surface area contributed by atoms with Crippen molar-refractivity contribution in [3.63, 3.8) is 0 Å². The minimum Gasteiger partial charge on any atom is -0.422 e. The van der Waals surface area contributed by atoms with Crippen molar-refractivity contribution in [3.8, 4) is 0 Å². The number of carbonyl (C=O) groups excluding carboxylic acids is 1. The van der Waals surface area contributed by atoms with Gasteiger partial charge in [-0.2, -0.15) is 0 Å². The summed E-state index contributed by atoms with van der Waals surface area (Å²) in [4.78, 5) is 26.1. The van der Waals surface area contributed by atoms with E-state index in [1.807, 2.05) is 30.4 Å². The fraction of sp³-hybridized carbons (Fsp3) is 0.357. The minimum atomic E-state index is -0.319. The maximum atomic E-state index is 12.9. The van der Waals surface area contributed by atoms with Crippen LogP contribution in [-0.2, 0) is 6.42 Å². The summed E-state index contributed by atoms with van der Waals surface area (Å²) in [5.41, 5.74) is 4.58. The van der Waals surface area contributed by atoms with Crippen molar-refractivity contribution in [1.29, 1.82) is 0 Å². The molecule has 1 aromatic heterocycles. The monoisotopic (exact) mass is 431 g/mol. The van der Waals surface area contributed by atoms with Crippen LogP contribution in [0, 0.1) is 0 Å². The number of hydrogen-bond donors (Lipinski definition) is 0. The molecule has 4 heteroatoms. The standard InChI is InChI=1S/C28H33NO3/c1-4-7-17-29(18-8-5-2)23-14-16-25-24(6-3)26(28(31)32-27(25)19-23)15-13-21-9-11-22(20-30)12-10-21/h9-16,19-20H,4-8,17-18H2,1-3H3/b15-13+. The van der Waals surface area contributed by atoms with Gasteiger partial charge in [0, 0.05) is 35.8 Å². The van der Waals surface area contributed by atoms with Crippen LogP contribution in [0.15, 0.2) is 51.7 Å². The van der Waals surface area contributed by atoms with Gasteiger partial charge in [0.05, 0.1) is 5.56 Å². The van der Waals surface area contributed by atoms with Crippen LogP contribution in [-0.4, -0.2) is 19.4 Å². The molecule has 0 bridgehead atoms. The van der Waals surface area contributed by atoms with Crippen LogP contribution >= 0.6 is 0 Å². The SMILES string of the molecule is CCCCN(CCCC)c1ccc2c(CC)c(/C=C/c3ccc(C=O)cc3)c(=O)oc2c1. The maximum absolute atomic E-state index is 12.9. The molecule has 4 nitrogen and oxygen atoms in total. The molecule has 32 heavy (non-hydrogen) atoms. The van der Waals surface area contributed by atoms with Crippen molar-refractivity contribution in [2.75, 3.05) is 18.0 Å². The molecule has 0 saturated heterocycles. The average molecular weight is 432 g/mol. The molecule has 2 aromatic carbocycles. The lowest BCUT2D eigenvalue weighted by Gasteiger charge is -2.25. The number of nitrogens with zero attached hydrogens (tertiary/aromatic N) is 1. The number of unbranched alkanes of at least 4 members (excludes halogenated alkanes) is 2. The van der Waals surface area contributed by atoms with Crippen LogP contribution in [0.5, 0.6) is 0 Å². The summed E-state index contributed by atoms with van der Waals surface area (Å²) in [5.74, 6) is 0. The first-order chi connectivity index (χ1) is 15.6. The number of rotatable bonds is 11. The zero-order valence-corrected chi connectivity index (χ0v) is 19.4. The summed E-state index contributed by atoms with van der Waals surface area (Å²) in [6.07, 6.45) is 9.85. The quantitative estimate of drug-likeness (QED) is 0.249. The Labute approximate surface area is 190 Å². The second-order valence-electron chi connectivity index (χ2n) is 8.13. The van der Waals surface area contributed by atoms with Crippen molar-refractivity contribution in [1.82, 2.24) is 0 Å². The van der Waals surface area contributed by atoms with Gasteiger partial charge in [-0.05, 0) is 48.6 Å². The summed E-state index contributed by atoms with van der Waals surface area (Å²) in [7, 11) is 0. The zero-order chi connectivity index (χ0) is 22.9. The topological polar surface area (TPSA) is 50.5 Å². The number of fused-ring (bicyclic) bond motifs is 1. The van der Waals surface area contributed by atoms with Gasteiger partial charge in [0.25, 0.3) is 0 Å². The Balaban J connectivity index is 1.98. The number of hydrogen-bond acceptors (Lipinski definition) is 4. The van der Waals surface area contributed by atoms with Crippen molar-refractivity contribution in [2.45, 2.75) is 52.9 Å². The minimum absolute atomic E-state index is 0.319. The third-order valence-corrected chi connectivity index (χ3v) is 5.83. The molecule has 3 rings (SSSR count). The lowest BCUT2D eigenvalue weighted by atomic mass is 10.0. The number of carbonyl (C=O) groups is 1. The smallest absolute Gasteiger partial charge is 0.343 e. The highest BCUT2D eigenvalue weighted by atomic mass is 16.4. The van der Waals surface area contributed by atoms with E-state index in [1.165, 1.54) is 0 Å². The number of aryl methyl sites for hydroxylation is 1. The van der Waals surface area contributed by atoms with Crippen molar-refractivity contribution >= 4 is 35.1 Å². The first-order valence-electron chi connectivity index (χ1n) is 11.7. The average Bonchev–Trinajstić information content (AvgIpc) is 2.82. The van der Waals surface area contributed by atoms with Gasteiger partial charge in [0.1, 0.15) is 11.9 Å². The molecule has 0 fully saturated rings. The highest BCUT2D eigenvalue weighted by Gasteiger charge is 2.14. The van der Waals surface area contributed by atoms with E-state index in [2.05, 4.69) is 37.8 Å². The molecule has 0 unspecified atom stereocenters. The van der Waals surface area contributed by atoms with E-state index in [0.29, 0.717) is 16.7 Å². The predicted molar refractivity (Wildman–Crippen MR) is 135 cm³/mol. The van der Waals surface area contributed by atoms with Crippen molar-refractivity contribution < 1.29 is 9.21 Å². The van der Waals surface area contributed by atoms with Crippen LogP contribution in [0.4, 0.5) is 5.69 Å². The molecule has 0 radical (unpaired) electrons. The van der Waals surface area contributed by atoms with Crippen molar-refractivity contribution in [3.05, 3.63) is 75.1 Å². The Morgan fingerprint density at radius 3 is 2.12 bits per heavy atom. The fourth-order valence-corrected chi connectivity index (χ4v) is 3.95. The van der Waals surface area contributed by atoms with Gasteiger partial charge in [-0.15, -0.1) is 0 Å². The maximum Gasteiger partial charge on any atom is 0.343 e. The molecule has 0 aliphatic heterocycles. The summed E-state index contributed by atoms with van der Waals surface area (Å²) in [6.45, 7) is 8.49. The Morgan fingerprint density at radius 2 is 1.53 bits per heavy atom. The normalized spacial score (nSPS) is 11.3. The summed E-state index contributed by atoms with van der Waals surface area (Å²) >= 11 is 0. The molecule has 0 aliphatic carbocycles. The summed E-state index contributed by atoms with van der Waals surface area (Å²) < 4.78 is 5.78. The van der Waals surface area contributed by atoms with Crippen LogP contribution in [0.3, 0.4) is 0 Å². The molecule has 0 amide bonds. The van der Waals surface area contributed by atoms with Gasteiger partial charge in [-0.3, -0.25) is 4.79 Å². The second-order valence-corrected chi connectivity index (χ2v) is 8.13. The number of anilines is 1. The zero-order valence-electron chi connectivity index (χ0n) is 19.4. The van der Waals surface area contributed by atoms with E-state index in [0.717, 1.165) is 73.7 Å². The van der Waals surface area contributed by atoms with Gasteiger partial charge in [-0.1, -0.05) is 64.0 Å². The van der Waals surface area contributed by atoms with Crippen LogP contribution in [0.1, 0.15) is 73.5 Å². The molecule has 0 spiro atoms. The van der Waals surface area contributed by atoms with E-state index >= 15 is 0 Å². The Kier molecular flexibility index (Phi) is 8.43. The lowest BCUT2D eigenvalue weighted by Crippen LogP contribution is -2.25. The number of aldehydes is 1. The van der Waals surface area contributed by atoms with E-state index in [1.54, 1.807) is 12.1 Å². The molecule has 3 aromatic rings. The third kappa shape index (κ3) is 5.56. The number of benzene rings is 2. The summed E-state index contributed by atoms with van der Waals surface area (Å²) in [6, 6.07) is 13.5. The molecule has 0 aliphatic rings. The van der Waals surface area contributed by atoms with Crippen LogP contribution in [0.2, 0.25) is 0 Å². The van der Waals surface area contributed by atoms with E-state index < -0.39 is 0 Å². The molecule has 0 saturated carbocycles. The third-order valence-electron chi connectivity index (χ3n) is 5.83. The van der Waals surface area contributed by atoms with E-state index in [-0.39, 0.29) is 5.63 Å². The fourth-order valence-electron chi connectivity index (χ4n) is 3.95. The van der Waals surface area contributed by atoms with Gasteiger partial charge < -0.3 is 9.32 Å². The Morgan fingerprint density at radius 1 is 0.875 bits per heavy atom. The molecule has 1 heterocycles. The van der Waals surface area contributed by atoms with Gasteiger partial charge in [0.2, 0.25) is 0 Å². The largest absolute Gasteiger partial charge is 0.422 e. The second kappa shape index (κ2) is 11.5. The molecule has 0 atom stereocenters. The first-order valence-corrected chi connectivity index (χ1v) is 11.7. The highest BCUT2D eigenvalue weighted by molar-refractivity contribution is 5.87. The first kappa shape index (κ1) is 23.5. The van der Waals surface area contributed by atoms with Gasteiger partial charge in [0.15, 0.2) is 0 Å². The van der Waals surface area contributed by atoms with E-state index in [4.69, 9.17) is 4.42 Å². The molecule has 168 valence electrons. The highest BCUT2D eigenvalue weighted by Crippen LogP contribution is 2.27. The summed E-state index contributed by atoms with van der Waals surface area (Å²) in [5, 5.41) is 0.984.